The third kappa shape index (κ3) is 3.11. The van der Waals surface area contributed by atoms with Gasteiger partial charge >= 0.3 is 0 Å². The smallest absolute Gasteiger partial charge is 0.154 e. The Labute approximate surface area is 105 Å². The van der Waals surface area contributed by atoms with Gasteiger partial charge in [-0.05, 0) is 43.4 Å². The molecule has 98 valence electrons. The second kappa shape index (κ2) is 5.53. The summed E-state index contributed by atoms with van der Waals surface area (Å²) in [5, 5.41) is 0. The van der Waals surface area contributed by atoms with Crippen molar-refractivity contribution in [3.63, 3.8) is 0 Å². The zero-order valence-electron chi connectivity index (χ0n) is 11.4. The molecule has 2 heteroatoms. The molecule has 0 N–H and O–H groups in total. The van der Waals surface area contributed by atoms with Gasteiger partial charge in [-0.25, -0.2) is 0 Å². The van der Waals surface area contributed by atoms with Gasteiger partial charge in [0.1, 0.15) is 0 Å². The topological polar surface area (TPSA) is 18.5 Å². The Morgan fingerprint density at radius 2 is 2.18 bits per heavy atom. The standard InChI is InChI=1S/C15H26O2/c1-4-5-8-16-12(2)17-11-15(3)10-13-6-7-14(15)9-13/h6-7,12-14H,4-5,8-11H2,1-3H3. The average molecular weight is 238 g/mol. The van der Waals surface area contributed by atoms with Gasteiger partial charge in [0.25, 0.3) is 0 Å². The summed E-state index contributed by atoms with van der Waals surface area (Å²) in [7, 11) is 0. The molecule has 0 aromatic heterocycles. The van der Waals surface area contributed by atoms with Crippen LogP contribution in [0, 0.1) is 17.3 Å². The van der Waals surface area contributed by atoms with Gasteiger partial charge in [-0.2, -0.15) is 0 Å². The summed E-state index contributed by atoms with van der Waals surface area (Å²) in [6.45, 7) is 8.21. The Bertz CT molecular complexity index is 274. The molecule has 0 aromatic rings. The molecule has 1 saturated carbocycles. The summed E-state index contributed by atoms with van der Waals surface area (Å²) in [6.07, 6.45) is 9.65. The lowest BCUT2D eigenvalue weighted by Gasteiger charge is -2.32. The molecule has 0 aromatic carbocycles. The van der Waals surface area contributed by atoms with Crippen molar-refractivity contribution < 1.29 is 9.47 Å². The van der Waals surface area contributed by atoms with Crippen molar-refractivity contribution in [3.8, 4) is 0 Å². The summed E-state index contributed by atoms with van der Waals surface area (Å²) in [5.74, 6) is 1.54. The molecule has 17 heavy (non-hydrogen) atoms. The number of unbranched alkanes of at least 4 members (excludes halogenated alkanes) is 1. The lowest BCUT2D eigenvalue weighted by molar-refractivity contribution is -0.152. The van der Waals surface area contributed by atoms with Crippen LogP contribution in [0.4, 0.5) is 0 Å². The molecule has 4 atom stereocenters. The predicted molar refractivity (Wildman–Crippen MR) is 69.7 cm³/mol. The summed E-state index contributed by atoms with van der Waals surface area (Å²) < 4.78 is 11.5. The van der Waals surface area contributed by atoms with Gasteiger partial charge < -0.3 is 9.47 Å². The van der Waals surface area contributed by atoms with Crippen molar-refractivity contribution in [2.24, 2.45) is 17.3 Å². The van der Waals surface area contributed by atoms with Crippen molar-refractivity contribution in [3.05, 3.63) is 12.2 Å². The van der Waals surface area contributed by atoms with Gasteiger partial charge in [0.05, 0.1) is 6.61 Å². The Balaban J connectivity index is 1.69. The van der Waals surface area contributed by atoms with Gasteiger partial charge in [-0.3, -0.25) is 0 Å². The molecule has 1 fully saturated rings. The SMILES string of the molecule is CCCCOC(C)OCC1(C)CC2C=CC1C2. The van der Waals surface area contributed by atoms with Crippen molar-refractivity contribution in [1.82, 2.24) is 0 Å². The molecule has 2 rings (SSSR count). The van der Waals surface area contributed by atoms with Crippen LogP contribution in [0.1, 0.15) is 46.5 Å². The molecule has 0 saturated heterocycles. The van der Waals surface area contributed by atoms with Gasteiger partial charge in [0.15, 0.2) is 6.29 Å². The minimum Gasteiger partial charge on any atom is -0.353 e. The van der Waals surface area contributed by atoms with Crippen LogP contribution in [0.3, 0.4) is 0 Å². The van der Waals surface area contributed by atoms with Crippen LogP contribution in [0.25, 0.3) is 0 Å². The van der Waals surface area contributed by atoms with E-state index < -0.39 is 0 Å². The fourth-order valence-electron chi connectivity index (χ4n) is 3.11. The summed E-state index contributed by atoms with van der Waals surface area (Å²) >= 11 is 0. The molecule has 0 radical (unpaired) electrons. The highest BCUT2D eigenvalue weighted by Gasteiger charge is 2.45. The molecule has 2 aliphatic carbocycles. The lowest BCUT2D eigenvalue weighted by atomic mass is 9.78. The summed E-state index contributed by atoms with van der Waals surface area (Å²) in [6, 6.07) is 0. The zero-order chi connectivity index (χ0) is 12.3. The highest BCUT2D eigenvalue weighted by atomic mass is 16.7. The van der Waals surface area contributed by atoms with E-state index in [2.05, 4.69) is 26.0 Å². The normalized spacial score (nSPS) is 36.6. The molecule has 2 nitrogen and oxygen atoms in total. The zero-order valence-corrected chi connectivity index (χ0v) is 11.4. The number of allylic oxidation sites excluding steroid dienone is 2. The van der Waals surface area contributed by atoms with Crippen LogP contribution in [-0.2, 0) is 9.47 Å². The van der Waals surface area contributed by atoms with E-state index in [0.29, 0.717) is 5.41 Å². The number of hydrogen-bond donors (Lipinski definition) is 0. The third-order valence-corrected chi connectivity index (χ3v) is 4.29. The predicted octanol–water partition coefficient (Wildman–Crippen LogP) is 3.77. The van der Waals surface area contributed by atoms with Crippen LogP contribution in [0.15, 0.2) is 12.2 Å². The maximum atomic E-state index is 5.87. The van der Waals surface area contributed by atoms with E-state index in [1.165, 1.54) is 19.3 Å². The average Bonchev–Trinajstić information content (AvgIpc) is 2.87. The van der Waals surface area contributed by atoms with Crippen LogP contribution in [0.2, 0.25) is 0 Å². The van der Waals surface area contributed by atoms with Crippen LogP contribution in [-0.4, -0.2) is 19.5 Å². The van der Waals surface area contributed by atoms with E-state index in [1.54, 1.807) is 0 Å². The summed E-state index contributed by atoms with van der Waals surface area (Å²) in [5.41, 5.74) is 0.349. The minimum atomic E-state index is -0.0542. The molecule has 0 heterocycles. The molecular weight excluding hydrogens is 212 g/mol. The van der Waals surface area contributed by atoms with E-state index in [4.69, 9.17) is 9.47 Å². The third-order valence-electron chi connectivity index (χ3n) is 4.29. The van der Waals surface area contributed by atoms with Gasteiger partial charge in [-0.15, -0.1) is 0 Å². The van der Waals surface area contributed by atoms with E-state index in [0.717, 1.165) is 31.5 Å². The van der Waals surface area contributed by atoms with Crippen molar-refractivity contribution in [1.29, 1.82) is 0 Å². The number of hydrogen-bond acceptors (Lipinski definition) is 2. The second-order valence-corrected chi connectivity index (χ2v) is 5.95. The van der Waals surface area contributed by atoms with Gasteiger partial charge in [0.2, 0.25) is 0 Å². The minimum absolute atomic E-state index is 0.0542. The molecule has 0 aliphatic heterocycles. The first-order valence-corrected chi connectivity index (χ1v) is 7.05. The van der Waals surface area contributed by atoms with E-state index >= 15 is 0 Å². The number of fused-ring (bicyclic) bond motifs is 2. The molecule has 0 spiro atoms. The van der Waals surface area contributed by atoms with E-state index in [-0.39, 0.29) is 6.29 Å². The molecule has 0 amide bonds. The van der Waals surface area contributed by atoms with E-state index in [1.807, 2.05) is 6.92 Å². The second-order valence-electron chi connectivity index (χ2n) is 5.95. The Morgan fingerprint density at radius 1 is 1.35 bits per heavy atom. The van der Waals surface area contributed by atoms with Gasteiger partial charge in [-0.1, -0.05) is 32.4 Å². The molecule has 2 aliphatic rings. The summed E-state index contributed by atoms with van der Waals surface area (Å²) in [4.78, 5) is 0. The van der Waals surface area contributed by atoms with Crippen molar-refractivity contribution in [2.45, 2.75) is 52.7 Å². The molecular formula is C15H26O2. The fraction of sp³-hybridized carbons (Fsp3) is 0.867. The largest absolute Gasteiger partial charge is 0.353 e. The lowest BCUT2D eigenvalue weighted by Crippen LogP contribution is -2.30. The quantitative estimate of drug-likeness (QED) is 0.382. The van der Waals surface area contributed by atoms with Crippen molar-refractivity contribution in [2.75, 3.05) is 13.2 Å². The maximum absolute atomic E-state index is 5.87. The highest BCUT2D eigenvalue weighted by Crippen LogP contribution is 2.51. The Hall–Kier alpha value is -0.340. The van der Waals surface area contributed by atoms with Crippen molar-refractivity contribution >= 4 is 0 Å². The fourth-order valence-corrected chi connectivity index (χ4v) is 3.11. The number of rotatable bonds is 7. The molecule has 2 bridgehead atoms. The van der Waals surface area contributed by atoms with Crippen LogP contribution in [0.5, 0.6) is 0 Å². The first kappa shape index (κ1) is 13.1. The first-order chi connectivity index (χ1) is 8.14. The van der Waals surface area contributed by atoms with E-state index in [9.17, 15) is 0 Å². The Morgan fingerprint density at radius 3 is 2.76 bits per heavy atom. The van der Waals surface area contributed by atoms with Crippen LogP contribution < -0.4 is 0 Å². The maximum Gasteiger partial charge on any atom is 0.154 e. The Kier molecular flexibility index (Phi) is 4.26. The van der Waals surface area contributed by atoms with Gasteiger partial charge in [0, 0.05) is 6.61 Å². The van der Waals surface area contributed by atoms with Crippen LogP contribution >= 0.6 is 0 Å². The number of ether oxygens (including phenoxy) is 2. The monoisotopic (exact) mass is 238 g/mol. The highest BCUT2D eigenvalue weighted by molar-refractivity contribution is 5.14. The molecule has 4 unspecified atom stereocenters. The first-order valence-electron chi connectivity index (χ1n) is 7.05.